The fourth-order valence-corrected chi connectivity index (χ4v) is 2.15. The highest BCUT2D eigenvalue weighted by Crippen LogP contribution is 2.24. The fraction of sp³-hybridized carbons (Fsp3) is 0.583. The summed E-state index contributed by atoms with van der Waals surface area (Å²) < 4.78 is 0. The first-order valence-corrected chi connectivity index (χ1v) is 6.54. The molecular weight excluding hydrogens is 252 g/mol. The van der Waals surface area contributed by atoms with Crippen LogP contribution in [-0.4, -0.2) is 35.5 Å². The molecule has 18 heavy (non-hydrogen) atoms. The lowest BCUT2D eigenvalue weighted by Crippen LogP contribution is -2.30. The molecule has 1 aliphatic heterocycles. The van der Waals surface area contributed by atoms with Gasteiger partial charge in [-0.1, -0.05) is 18.5 Å². The number of nitrogens with zero attached hydrogens (tertiary/aromatic N) is 3. The molecular formula is C12H17ClN4O. The van der Waals surface area contributed by atoms with Crippen molar-refractivity contribution in [1.29, 1.82) is 0 Å². The first-order chi connectivity index (χ1) is 8.61. The lowest BCUT2D eigenvalue weighted by atomic mass is 10.3. The Bertz CT molecular complexity index is 464. The molecule has 1 fully saturated rings. The molecule has 0 bridgehead atoms. The summed E-state index contributed by atoms with van der Waals surface area (Å²) in [5.41, 5.74) is 0.878. The van der Waals surface area contributed by atoms with Crippen LogP contribution in [0.5, 0.6) is 0 Å². The number of rotatable bonds is 2. The van der Waals surface area contributed by atoms with Crippen LogP contribution in [0.25, 0.3) is 0 Å². The van der Waals surface area contributed by atoms with Gasteiger partial charge in [0.15, 0.2) is 0 Å². The SMILES string of the molecule is CCc1nc(Cl)c(C)c(N2CCNC(=O)CC2)n1. The first kappa shape index (κ1) is 13.1. The zero-order valence-electron chi connectivity index (χ0n) is 10.7. The maximum atomic E-state index is 11.3. The van der Waals surface area contributed by atoms with E-state index in [1.807, 2.05) is 13.8 Å². The number of aromatic nitrogens is 2. The van der Waals surface area contributed by atoms with E-state index in [-0.39, 0.29) is 5.91 Å². The Hall–Kier alpha value is -1.36. The highest BCUT2D eigenvalue weighted by Gasteiger charge is 2.18. The second-order valence-electron chi connectivity index (χ2n) is 4.32. The Morgan fingerprint density at radius 3 is 2.89 bits per heavy atom. The third-order valence-electron chi connectivity index (χ3n) is 3.04. The lowest BCUT2D eigenvalue weighted by molar-refractivity contribution is -0.120. The molecule has 1 saturated heterocycles. The monoisotopic (exact) mass is 268 g/mol. The molecule has 6 heteroatoms. The van der Waals surface area contributed by atoms with Gasteiger partial charge in [-0.25, -0.2) is 9.97 Å². The highest BCUT2D eigenvalue weighted by atomic mass is 35.5. The maximum Gasteiger partial charge on any atom is 0.221 e. The van der Waals surface area contributed by atoms with Crippen molar-refractivity contribution in [2.45, 2.75) is 26.7 Å². The highest BCUT2D eigenvalue weighted by molar-refractivity contribution is 6.30. The number of carbonyl (C=O) groups is 1. The topological polar surface area (TPSA) is 58.1 Å². The second-order valence-corrected chi connectivity index (χ2v) is 4.68. The van der Waals surface area contributed by atoms with Gasteiger partial charge >= 0.3 is 0 Å². The molecule has 0 aromatic carbocycles. The maximum absolute atomic E-state index is 11.3. The van der Waals surface area contributed by atoms with Crippen molar-refractivity contribution in [2.24, 2.45) is 0 Å². The average Bonchev–Trinajstić information content (AvgIpc) is 2.57. The van der Waals surface area contributed by atoms with Crippen LogP contribution in [0.1, 0.15) is 24.7 Å². The minimum Gasteiger partial charge on any atom is -0.354 e. The van der Waals surface area contributed by atoms with Crippen LogP contribution < -0.4 is 10.2 Å². The van der Waals surface area contributed by atoms with Crippen molar-refractivity contribution in [3.05, 3.63) is 16.5 Å². The molecule has 0 unspecified atom stereocenters. The molecule has 5 nitrogen and oxygen atoms in total. The van der Waals surface area contributed by atoms with Crippen molar-refractivity contribution >= 4 is 23.3 Å². The first-order valence-electron chi connectivity index (χ1n) is 6.16. The number of aryl methyl sites for hydroxylation is 1. The zero-order chi connectivity index (χ0) is 13.1. The molecule has 1 aliphatic rings. The fourth-order valence-electron chi connectivity index (χ4n) is 1.97. The van der Waals surface area contributed by atoms with Crippen LogP contribution in [-0.2, 0) is 11.2 Å². The van der Waals surface area contributed by atoms with Gasteiger partial charge in [-0.05, 0) is 6.92 Å². The summed E-state index contributed by atoms with van der Waals surface area (Å²) >= 11 is 6.13. The minimum atomic E-state index is 0.0889. The summed E-state index contributed by atoms with van der Waals surface area (Å²) in [6.45, 7) is 5.98. The molecule has 0 aliphatic carbocycles. The number of anilines is 1. The Morgan fingerprint density at radius 1 is 1.39 bits per heavy atom. The molecule has 0 saturated carbocycles. The Kier molecular flexibility index (Phi) is 4.01. The smallest absolute Gasteiger partial charge is 0.221 e. The van der Waals surface area contributed by atoms with E-state index in [1.54, 1.807) is 0 Å². The van der Waals surface area contributed by atoms with Gasteiger partial charge in [0.25, 0.3) is 0 Å². The number of nitrogens with one attached hydrogen (secondary N) is 1. The minimum absolute atomic E-state index is 0.0889. The molecule has 2 rings (SSSR count). The van der Waals surface area contributed by atoms with Crippen LogP contribution in [0.4, 0.5) is 5.82 Å². The van der Waals surface area contributed by atoms with E-state index in [9.17, 15) is 4.79 Å². The molecule has 98 valence electrons. The van der Waals surface area contributed by atoms with Crippen molar-refractivity contribution in [3.63, 3.8) is 0 Å². The number of carbonyl (C=O) groups excluding carboxylic acids is 1. The molecule has 0 atom stereocenters. The van der Waals surface area contributed by atoms with E-state index in [4.69, 9.17) is 11.6 Å². The van der Waals surface area contributed by atoms with Gasteiger partial charge < -0.3 is 10.2 Å². The molecule has 1 N–H and O–H groups in total. The number of halogens is 1. The van der Waals surface area contributed by atoms with Crippen LogP contribution in [0, 0.1) is 6.92 Å². The number of amides is 1. The van der Waals surface area contributed by atoms with Crippen LogP contribution in [0.15, 0.2) is 0 Å². The van der Waals surface area contributed by atoms with E-state index in [0.29, 0.717) is 24.7 Å². The van der Waals surface area contributed by atoms with Crippen molar-refractivity contribution in [2.75, 3.05) is 24.5 Å². The Balaban J connectivity index is 2.31. The molecule has 1 aromatic heterocycles. The number of hydrogen-bond acceptors (Lipinski definition) is 4. The second kappa shape index (κ2) is 5.52. The largest absolute Gasteiger partial charge is 0.354 e. The third-order valence-corrected chi connectivity index (χ3v) is 3.40. The summed E-state index contributed by atoms with van der Waals surface area (Å²) in [6, 6.07) is 0. The number of hydrogen-bond donors (Lipinski definition) is 1. The van der Waals surface area contributed by atoms with E-state index in [0.717, 1.165) is 30.2 Å². The van der Waals surface area contributed by atoms with E-state index in [2.05, 4.69) is 20.2 Å². The van der Waals surface area contributed by atoms with E-state index in [1.165, 1.54) is 0 Å². The molecule has 1 amide bonds. The predicted molar refractivity (Wildman–Crippen MR) is 71.0 cm³/mol. The average molecular weight is 269 g/mol. The molecule has 2 heterocycles. The van der Waals surface area contributed by atoms with Gasteiger partial charge in [-0.15, -0.1) is 0 Å². The van der Waals surface area contributed by atoms with Gasteiger partial charge in [0.1, 0.15) is 16.8 Å². The molecule has 0 radical (unpaired) electrons. The van der Waals surface area contributed by atoms with E-state index < -0.39 is 0 Å². The summed E-state index contributed by atoms with van der Waals surface area (Å²) in [6.07, 6.45) is 1.24. The predicted octanol–water partition coefficient (Wildman–Crippen LogP) is 1.33. The lowest BCUT2D eigenvalue weighted by Gasteiger charge is -2.23. The zero-order valence-corrected chi connectivity index (χ0v) is 11.4. The quantitative estimate of drug-likeness (QED) is 0.822. The summed E-state index contributed by atoms with van der Waals surface area (Å²) in [7, 11) is 0. The van der Waals surface area contributed by atoms with Gasteiger partial charge in [0, 0.05) is 38.0 Å². The van der Waals surface area contributed by atoms with Gasteiger partial charge in [-0.2, -0.15) is 0 Å². The van der Waals surface area contributed by atoms with Crippen LogP contribution >= 0.6 is 11.6 Å². The van der Waals surface area contributed by atoms with Crippen molar-refractivity contribution in [3.8, 4) is 0 Å². The van der Waals surface area contributed by atoms with Crippen LogP contribution in [0.2, 0.25) is 5.15 Å². The summed E-state index contributed by atoms with van der Waals surface area (Å²) in [4.78, 5) is 22.2. The van der Waals surface area contributed by atoms with Crippen molar-refractivity contribution < 1.29 is 4.79 Å². The standard InChI is InChI=1S/C12H17ClN4O/c1-3-9-15-11(13)8(2)12(16-9)17-6-4-10(18)14-5-7-17/h3-7H2,1-2H3,(H,14,18). The van der Waals surface area contributed by atoms with Gasteiger partial charge in [0.05, 0.1) is 0 Å². The van der Waals surface area contributed by atoms with Crippen LogP contribution in [0.3, 0.4) is 0 Å². The Morgan fingerprint density at radius 2 is 2.17 bits per heavy atom. The van der Waals surface area contributed by atoms with Crippen molar-refractivity contribution in [1.82, 2.24) is 15.3 Å². The Labute approximate surface area is 112 Å². The summed E-state index contributed by atoms with van der Waals surface area (Å²) in [5.74, 6) is 1.68. The normalized spacial score (nSPS) is 16.4. The van der Waals surface area contributed by atoms with Gasteiger partial charge in [0.2, 0.25) is 5.91 Å². The molecule has 0 spiro atoms. The van der Waals surface area contributed by atoms with Gasteiger partial charge in [-0.3, -0.25) is 4.79 Å². The van der Waals surface area contributed by atoms with E-state index >= 15 is 0 Å². The third kappa shape index (κ3) is 2.72. The summed E-state index contributed by atoms with van der Waals surface area (Å²) in [5, 5.41) is 3.35. The molecule has 1 aromatic rings.